The van der Waals surface area contributed by atoms with Crippen LogP contribution in [0.5, 0.6) is 0 Å². The van der Waals surface area contributed by atoms with Crippen molar-refractivity contribution in [1.82, 2.24) is 5.32 Å². The van der Waals surface area contributed by atoms with Gasteiger partial charge < -0.3 is 16.0 Å². The van der Waals surface area contributed by atoms with Gasteiger partial charge in [-0.1, -0.05) is 25.1 Å². The first-order chi connectivity index (χ1) is 7.65. The molecule has 1 amide bonds. The first-order valence-corrected chi connectivity index (χ1v) is 5.44. The number of anilines is 1. The smallest absolute Gasteiger partial charge is 0.236 e. The van der Waals surface area contributed by atoms with Crippen LogP contribution in [-0.2, 0) is 4.79 Å². The van der Waals surface area contributed by atoms with Gasteiger partial charge in [-0.05, 0) is 18.7 Å². The van der Waals surface area contributed by atoms with E-state index < -0.39 is 0 Å². The molecule has 1 atom stereocenters. The predicted octanol–water partition coefficient (Wildman–Crippen LogP) is 0.586. The Morgan fingerprint density at radius 2 is 2.06 bits per heavy atom. The molecule has 88 valence electrons. The van der Waals surface area contributed by atoms with E-state index in [0.717, 1.165) is 12.2 Å². The van der Waals surface area contributed by atoms with Crippen LogP contribution in [-0.4, -0.2) is 32.1 Å². The number of nitrogens with two attached hydrogens (primary N) is 1. The van der Waals surface area contributed by atoms with Gasteiger partial charge in [-0.3, -0.25) is 4.79 Å². The molecular weight excluding hydrogens is 202 g/mol. The number of hydrogen-bond donors (Lipinski definition) is 2. The lowest BCUT2D eigenvalue weighted by Gasteiger charge is -2.24. The van der Waals surface area contributed by atoms with Gasteiger partial charge in [0.05, 0.1) is 0 Å². The van der Waals surface area contributed by atoms with Gasteiger partial charge in [-0.2, -0.15) is 0 Å². The summed E-state index contributed by atoms with van der Waals surface area (Å²) in [7, 11) is 1.95. The molecule has 1 unspecified atom stereocenters. The molecule has 1 aromatic carbocycles. The van der Waals surface area contributed by atoms with Gasteiger partial charge in [0.15, 0.2) is 0 Å². The number of carbonyl (C=O) groups is 1. The molecule has 0 spiro atoms. The number of nitrogens with zero attached hydrogens (tertiary/aromatic N) is 1. The molecule has 0 fully saturated rings. The lowest BCUT2D eigenvalue weighted by molar-refractivity contribution is -0.119. The van der Waals surface area contributed by atoms with Crippen LogP contribution in [0.15, 0.2) is 30.3 Å². The molecule has 0 aliphatic heterocycles. The van der Waals surface area contributed by atoms with Crippen molar-refractivity contribution >= 4 is 11.6 Å². The van der Waals surface area contributed by atoms with E-state index in [1.807, 2.05) is 49.2 Å². The average Bonchev–Trinajstić information content (AvgIpc) is 2.29. The molecule has 0 saturated heterocycles. The summed E-state index contributed by atoms with van der Waals surface area (Å²) in [4.78, 5) is 13.2. The van der Waals surface area contributed by atoms with Crippen LogP contribution in [0.2, 0.25) is 0 Å². The number of benzene rings is 1. The molecule has 0 heterocycles. The highest BCUT2D eigenvalue weighted by Crippen LogP contribution is 2.10. The summed E-state index contributed by atoms with van der Waals surface area (Å²) in [5.41, 5.74) is 6.40. The molecule has 16 heavy (non-hydrogen) atoms. The second-order valence-corrected chi connectivity index (χ2v) is 3.73. The first-order valence-electron chi connectivity index (χ1n) is 5.44. The van der Waals surface area contributed by atoms with Crippen molar-refractivity contribution in [2.75, 3.05) is 25.0 Å². The molecule has 0 bridgehead atoms. The number of likely N-dealkylation sites (N-methyl/N-ethyl adjacent to an activating group) is 2. The molecule has 3 N–H and O–H groups in total. The van der Waals surface area contributed by atoms with Crippen LogP contribution < -0.4 is 16.0 Å². The van der Waals surface area contributed by atoms with Crippen LogP contribution in [0, 0.1) is 0 Å². The van der Waals surface area contributed by atoms with Gasteiger partial charge in [-0.15, -0.1) is 0 Å². The quantitative estimate of drug-likeness (QED) is 0.739. The van der Waals surface area contributed by atoms with Crippen LogP contribution in [0.25, 0.3) is 0 Å². The second-order valence-electron chi connectivity index (χ2n) is 3.73. The topological polar surface area (TPSA) is 58.4 Å². The number of nitrogens with one attached hydrogen (secondary N) is 1. The Hall–Kier alpha value is -1.55. The SMILES string of the molecule is CCNC(CN(C)c1ccccc1)C(N)=O. The fraction of sp³-hybridized carbons (Fsp3) is 0.417. The maximum atomic E-state index is 11.2. The maximum Gasteiger partial charge on any atom is 0.236 e. The maximum absolute atomic E-state index is 11.2. The van der Waals surface area contributed by atoms with Crippen molar-refractivity contribution in [1.29, 1.82) is 0 Å². The Bertz CT molecular complexity index is 326. The third-order valence-corrected chi connectivity index (χ3v) is 2.45. The number of para-hydroxylation sites is 1. The Morgan fingerprint density at radius 3 is 2.56 bits per heavy atom. The monoisotopic (exact) mass is 221 g/mol. The van der Waals surface area contributed by atoms with Crippen LogP contribution in [0.1, 0.15) is 6.92 Å². The highest BCUT2D eigenvalue weighted by Gasteiger charge is 2.16. The van der Waals surface area contributed by atoms with E-state index in [9.17, 15) is 4.79 Å². The predicted molar refractivity (Wildman–Crippen MR) is 66.4 cm³/mol. The Kier molecular flexibility index (Phi) is 4.79. The highest BCUT2D eigenvalue weighted by molar-refractivity contribution is 5.80. The number of carbonyl (C=O) groups excluding carboxylic acids is 1. The summed E-state index contributed by atoms with van der Waals surface area (Å²) in [6.45, 7) is 3.27. The molecule has 1 rings (SSSR count). The largest absolute Gasteiger partial charge is 0.372 e. The molecule has 0 aliphatic carbocycles. The van der Waals surface area contributed by atoms with Crippen LogP contribution in [0.3, 0.4) is 0 Å². The second kappa shape index (κ2) is 6.12. The minimum absolute atomic E-state index is 0.310. The Balaban J connectivity index is 2.61. The van der Waals surface area contributed by atoms with E-state index >= 15 is 0 Å². The summed E-state index contributed by atoms with van der Waals surface area (Å²) >= 11 is 0. The summed E-state index contributed by atoms with van der Waals surface area (Å²) in [6.07, 6.45) is 0. The normalized spacial score (nSPS) is 12.1. The number of amides is 1. The zero-order valence-corrected chi connectivity index (χ0v) is 9.81. The minimum atomic E-state index is -0.315. The Morgan fingerprint density at radius 1 is 1.44 bits per heavy atom. The zero-order chi connectivity index (χ0) is 12.0. The van der Waals surface area contributed by atoms with Gasteiger partial charge in [0, 0.05) is 19.3 Å². The van der Waals surface area contributed by atoms with Crippen LogP contribution in [0.4, 0.5) is 5.69 Å². The van der Waals surface area contributed by atoms with Gasteiger partial charge in [0.1, 0.15) is 6.04 Å². The summed E-state index contributed by atoms with van der Waals surface area (Å²) in [5, 5.41) is 3.07. The lowest BCUT2D eigenvalue weighted by Crippen LogP contribution is -2.48. The van der Waals surface area contributed by atoms with Gasteiger partial charge in [-0.25, -0.2) is 0 Å². The fourth-order valence-electron chi connectivity index (χ4n) is 1.56. The molecule has 0 radical (unpaired) electrons. The van der Waals surface area contributed by atoms with Gasteiger partial charge in [0.2, 0.25) is 5.91 Å². The van der Waals surface area contributed by atoms with Crippen molar-refractivity contribution < 1.29 is 4.79 Å². The molecule has 0 saturated carbocycles. The van der Waals surface area contributed by atoms with Gasteiger partial charge >= 0.3 is 0 Å². The molecule has 0 aliphatic rings. The fourth-order valence-corrected chi connectivity index (χ4v) is 1.56. The van der Waals surface area contributed by atoms with Gasteiger partial charge in [0.25, 0.3) is 0 Å². The third-order valence-electron chi connectivity index (χ3n) is 2.45. The lowest BCUT2D eigenvalue weighted by atomic mass is 10.2. The number of rotatable bonds is 6. The summed E-state index contributed by atoms with van der Waals surface area (Å²) < 4.78 is 0. The minimum Gasteiger partial charge on any atom is -0.372 e. The molecule has 4 heteroatoms. The zero-order valence-electron chi connectivity index (χ0n) is 9.81. The highest BCUT2D eigenvalue weighted by atomic mass is 16.1. The van der Waals surface area contributed by atoms with Crippen molar-refractivity contribution in [2.45, 2.75) is 13.0 Å². The average molecular weight is 221 g/mol. The van der Waals surface area contributed by atoms with E-state index in [1.165, 1.54) is 0 Å². The van der Waals surface area contributed by atoms with E-state index in [1.54, 1.807) is 0 Å². The molecule has 4 nitrogen and oxygen atoms in total. The van der Waals surface area contributed by atoms with E-state index in [2.05, 4.69) is 5.32 Å². The number of primary amides is 1. The van der Waals surface area contributed by atoms with E-state index in [0.29, 0.717) is 6.54 Å². The van der Waals surface area contributed by atoms with Crippen molar-refractivity contribution in [2.24, 2.45) is 5.73 Å². The first kappa shape index (κ1) is 12.5. The molecule has 1 aromatic rings. The summed E-state index contributed by atoms with van der Waals surface area (Å²) in [6, 6.07) is 9.60. The van der Waals surface area contributed by atoms with Crippen molar-refractivity contribution in [3.8, 4) is 0 Å². The standard InChI is InChI=1S/C12H19N3O/c1-3-14-11(12(13)16)9-15(2)10-7-5-4-6-8-10/h4-8,11,14H,3,9H2,1-2H3,(H2,13,16). The van der Waals surface area contributed by atoms with E-state index in [-0.39, 0.29) is 11.9 Å². The Labute approximate surface area is 96.4 Å². The molecular formula is C12H19N3O. The van der Waals surface area contributed by atoms with E-state index in [4.69, 9.17) is 5.73 Å². The number of hydrogen-bond acceptors (Lipinski definition) is 3. The molecule has 0 aromatic heterocycles. The van der Waals surface area contributed by atoms with Crippen LogP contribution >= 0.6 is 0 Å². The third kappa shape index (κ3) is 3.55. The summed E-state index contributed by atoms with van der Waals surface area (Å²) in [5.74, 6) is -0.315. The van der Waals surface area contributed by atoms with Crippen molar-refractivity contribution in [3.63, 3.8) is 0 Å². The van der Waals surface area contributed by atoms with Crippen molar-refractivity contribution in [3.05, 3.63) is 30.3 Å².